The van der Waals surface area contributed by atoms with Crippen LogP contribution in [-0.4, -0.2) is 19.0 Å². The van der Waals surface area contributed by atoms with Gasteiger partial charge in [-0.15, -0.1) is 0 Å². The van der Waals surface area contributed by atoms with Crippen LogP contribution in [0.25, 0.3) is 0 Å². The first-order valence-electron chi connectivity index (χ1n) is 9.41. The normalized spacial score (nSPS) is 14.8. The minimum Gasteiger partial charge on any atom is -0.348 e. The highest BCUT2D eigenvalue weighted by Crippen LogP contribution is 2.14. The molecule has 1 aliphatic rings. The lowest BCUT2D eigenvalue weighted by atomic mass is 10.0. The Bertz CT molecular complexity index is 683. The van der Waals surface area contributed by atoms with E-state index in [-0.39, 0.29) is 5.91 Å². The fourth-order valence-corrected chi connectivity index (χ4v) is 3.42. The zero-order valence-electron chi connectivity index (χ0n) is 15.3. The number of likely N-dealkylation sites (tertiary alicyclic amines) is 1. The van der Waals surface area contributed by atoms with Gasteiger partial charge in [-0.25, -0.2) is 0 Å². The van der Waals surface area contributed by atoms with Crippen molar-refractivity contribution in [2.75, 3.05) is 13.1 Å². The van der Waals surface area contributed by atoms with E-state index in [4.69, 9.17) is 0 Å². The average molecular weight is 337 g/mol. The first-order valence-corrected chi connectivity index (χ1v) is 9.41. The van der Waals surface area contributed by atoms with Gasteiger partial charge in [0.1, 0.15) is 6.54 Å². The highest BCUT2D eigenvalue weighted by atomic mass is 16.1. The molecule has 1 aliphatic heterocycles. The van der Waals surface area contributed by atoms with Gasteiger partial charge in [-0.2, -0.15) is 0 Å². The van der Waals surface area contributed by atoms with Crippen molar-refractivity contribution in [3.63, 3.8) is 0 Å². The van der Waals surface area contributed by atoms with Gasteiger partial charge < -0.3 is 10.2 Å². The first kappa shape index (κ1) is 17.7. The molecule has 1 fully saturated rings. The Kier molecular flexibility index (Phi) is 5.87. The molecule has 0 unspecified atom stereocenters. The van der Waals surface area contributed by atoms with Crippen LogP contribution in [0.2, 0.25) is 0 Å². The summed E-state index contributed by atoms with van der Waals surface area (Å²) in [6.07, 6.45) is 2.72. The lowest BCUT2D eigenvalue weighted by Gasteiger charge is -2.12. The predicted molar refractivity (Wildman–Crippen MR) is 102 cm³/mol. The molecule has 0 aromatic heterocycles. The van der Waals surface area contributed by atoms with Crippen molar-refractivity contribution >= 4 is 5.91 Å². The third-order valence-electron chi connectivity index (χ3n) is 5.08. The monoisotopic (exact) mass is 337 g/mol. The van der Waals surface area contributed by atoms with Gasteiger partial charge in [0.05, 0.1) is 13.1 Å². The minimum absolute atomic E-state index is 0.0131. The standard InChI is InChI=1S/C22H28N2O/c1-17(2)20-9-11-21(12-10-20)22(25)23-15-18-5-7-19(8-6-18)16-24-13-3-4-14-24/h5-12,17H,3-4,13-16H2,1-2H3,(H,23,25)/p+1. The van der Waals surface area contributed by atoms with Gasteiger partial charge in [0.25, 0.3) is 5.91 Å². The fraction of sp³-hybridized carbons (Fsp3) is 0.409. The van der Waals surface area contributed by atoms with Gasteiger partial charge in [-0.1, -0.05) is 50.2 Å². The molecular formula is C22H29N2O+. The average Bonchev–Trinajstić information content (AvgIpc) is 3.14. The highest BCUT2D eigenvalue weighted by molar-refractivity contribution is 5.94. The molecule has 0 aliphatic carbocycles. The number of benzene rings is 2. The summed E-state index contributed by atoms with van der Waals surface area (Å²) in [7, 11) is 0. The molecule has 0 saturated carbocycles. The largest absolute Gasteiger partial charge is 0.348 e. The summed E-state index contributed by atoms with van der Waals surface area (Å²) in [6, 6.07) is 16.6. The van der Waals surface area contributed by atoms with E-state index in [1.807, 2.05) is 24.3 Å². The summed E-state index contributed by atoms with van der Waals surface area (Å²) >= 11 is 0. The van der Waals surface area contributed by atoms with Gasteiger partial charge in [0.2, 0.25) is 0 Å². The zero-order valence-corrected chi connectivity index (χ0v) is 15.3. The third kappa shape index (κ3) is 4.93. The summed E-state index contributed by atoms with van der Waals surface area (Å²) in [5, 5.41) is 3.01. The van der Waals surface area contributed by atoms with Gasteiger partial charge in [0.15, 0.2) is 0 Å². The molecule has 132 valence electrons. The van der Waals surface area contributed by atoms with Crippen LogP contribution in [0.4, 0.5) is 0 Å². The third-order valence-corrected chi connectivity index (χ3v) is 5.08. The topological polar surface area (TPSA) is 33.5 Å². The molecule has 3 heteroatoms. The lowest BCUT2D eigenvalue weighted by molar-refractivity contribution is -0.901. The molecule has 0 bridgehead atoms. The minimum atomic E-state index is -0.0131. The second kappa shape index (κ2) is 8.30. The molecule has 25 heavy (non-hydrogen) atoms. The molecule has 0 spiro atoms. The smallest absolute Gasteiger partial charge is 0.251 e. The molecule has 0 atom stereocenters. The number of rotatable bonds is 6. The van der Waals surface area contributed by atoms with Crippen molar-refractivity contribution in [2.45, 2.75) is 45.7 Å². The molecule has 3 nitrogen and oxygen atoms in total. The van der Waals surface area contributed by atoms with Crippen molar-refractivity contribution in [2.24, 2.45) is 0 Å². The Morgan fingerprint density at radius 3 is 2.16 bits per heavy atom. The maximum atomic E-state index is 12.3. The fourth-order valence-electron chi connectivity index (χ4n) is 3.42. The maximum absolute atomic E-state index is 12.3. The molecule has 1 saturated heterocycles. The summed E-state index contributed by atoms with van der Waals surface area (Å²) < 4.78 is 0. The molecular weight excluding hydrogens is 308 g/mol. The molecule has 2 aromatic rings. The van der Waals surface area contributed by atoms with Crippen LogP contribution in [0.3, 0.4) is 0 Å². The van der Waals surface area contributed by atoms with E-state index in [1.54, 1.807) is 4.90 Å². The van der Waals surface area contributed by atoms with Crippen LogP contribution in [0.15, 0.2) is 48.5 Å². The second-order valence-electron chi connectivity index (χ2n) is 7.41. The van der Waals surface area contributed by atoms with E-state index in [1.165, 1.54) is 37.1 Å². The maximum Gasteiger partial charge on any atom is 0.251 e. The van der Waals surface area contributed by atoms with Crippen LogP contribution in [0, 0.1) is 0 Å². The number of hydrogen-bond acceptors (Lipinski definition) is 1. The van der Waals surface area contributed by atoms with Crippen molar-refractivity contribution < 1.29 is 9.69 Å². The van der Waals surface area contributed by atoms with E-state index in [0.717, 1.165) is 17.7 Å². The van der Waals surface area contributed by atoms with Crippen molar-refractivity contribution in [3.8, 4) is 0 Å². The van der Waals surface area contributed by atoms with Crippen molar-refractivity contribution in [3.05, 3.63) is 70.8 Å². The van der Waals surface area contributed by atoms with Crippen LogP contribution in [-0.2, 0) is 13.1 Å². The number of hydrogen-bond donors (Lipinski definition) is 2. The lowest BCUT2D eigenvalue weighted by Crippen LogP contribution is -3.08. The van der Waals surface area contributed by atoms with E-state index >= 15 is 0 Å². The Morgan fingerprint density at radius 2 is 1.56 bits per heavy atom. The zero-order chi connectivity index (χ0) is 17.6. The summed E-state index contributed by atoms with van der Waals surface area (Å²) in [4.78, 5) is 14.0. The number of nitrogens with one attached hydrogen (secondary N) is 2. The molecule has 2 aromatic carbocycles. The first-order chi connectivity index (χ1) is 12.1. The van der Waals surface area contributed by atoms with E-state index < -0.39 is 0 Å². The van der Waals surface area contributed by atoms with E-state index in [0.29, 0.717) is 12.5 Å². The summed E-state index contributed by atoms with van der Waals surface area (Å²) in [5.41, 5.74) is 4.51. The molecule has 1 amide bonds. The highest BCUT2D eigenvalue weighted by Gasteiger charge is 2.15. The molecule has 3 rings (SSSR count). The van der Waals surface area contributed by atoms with E-state index in [9.17, 15) is 4.79 Å². The van der Waals surface area contributed by atoms with Crippen molar-refractivity contribution in [1.82, 2.24) is 5.32 Å². The van der Waals surface area contributed by atoms with E-state index in [2.05, 4.69) is 43.4 Å². The van der Waals surface area contributed by atoms with Crippen LogP contribution in [0.5, 0.6) is 0 Å². The number of carbonyl (C=O) groups excluding carboxylic acids is 1. The van der Waals surface area contributed by atoms with Gasteiger partial charge in [0, 0.05) is 30.5 Å². The number of quaternary nitrogens is 1. The second-order valence-corrected chi connectivity index (χ2v) is 7.41. The van der Waals surface area contributed by atoms with Crippen LogP contribution < -0.4 is 10.2 Å². The molecule has 2 N–H and O–H groups in total. The van der Waals surface area contributed by atoms with Gasteiger partial charge >= 0.3 is 0 Å². The quantitative estimate of drug-likeness (QED) is 0.835. The van der Waals surface area contributed by atoms with Crippen LogP contribution >= 0.6 is 0 Å². The Balaban J connectivity index is 1.51. The predicted octanol–water partition coefficient (Wildman–Crippen LogP) is 2.92. The number of amides is 1. The SMILES string of the molecule is CC(C)c1ccc(C(=O)NCc2ccc(C[NH+]3CCCC3)cc2)cc1. The molecule has 0 radical (unpaired) electrons. The van der Waals surface area contributed by atoms with Crippen molar-refractivity contribution in [1.29, 1.82) is 0 Å². The summed E-state index contributed by atoms with van der Waals surface area (Å²) in [5.74, 6) is 0.471. The summed E-state index contributed by atoms with van der Waals surface area (Å²) in [6.45, 7) is 8.60. The van der Waals surface area contributed by atoms with Crippen LogP contribution in [0.1, 0.15) is 59.7 Å². The van der Waals surface area contributed by atoms with Gasteiger partial charge in [-0.05, 0) is 29.2 Å². The Labute approximate surface area is 151 Å². The number of carbonyl (C=O) groups is 1. The Hall–Kier alpha value is -2.13. The van der Waals surface area contributed by atoms with Gasteiger partial charge in [-0.3, -0.25) is 4.79 Å². The molecule has 1 heterocycles. The Morgan fingerprint density at radius 1 is 0.960 bits per heavy atom.